The normalized spacial score (nSPS) is 16.3. The van der Waals surface area contributed by atoms with Gasteiger partial charge in [0, 0.05) is 17.8 Å². The van der Waals surface area contributed by atoms with E-state index < -0.39 is 0 Å². The summed E-state index contributed by atoms with van der Waals surface area (Å²) in [5, 5.41) is 8.56. The summed E-state index contributed by atoms with van der Waals surface area (Å²) in [6.07, 6.45) is 4.11. The van der Waals surface area contributed by atoms with Crippen LogP contribution in [0.4, 0.5) is 0 Å². The molecule has 23 heavy (non-hydrogen) atoms. The van der Waals surface area contributed by atoms with E-state index in [0.29, 0.717) is 13.0 Å². The fourth-order valence-corrected chi connectivity index (χ4v) is 3.75. The average molecular weight is 382 g/mol. The van der Waals surface area contributed by atoms with E-state index in [1.165, 1.54) is 17.7 Å². The maximum absolute atomic E-state index is 12.0. The quantitative estimate of drug-likeness (QED) is 0.762. The highest BCUT2D eigenvalue weighted by Crippen LogP contribution is 2.22. The van der Waals surface area contributed by atoms with Crippen molar-refractivity contribution in [2.75, 3.05) is 33.7 Å². The van der Waals surface area contributed by atoms with Gasteiger partial charge in [-0.05, 0) is 63.8 Å². The van der Waals surface area contributed by atoms with Crippen molar-refractivity contribution < 1.29 is 4.79 Å². The van der Waals surface area contributed by atoms with E-state index >= 15 is 0 Å². The van der Waals surface area contributed by atoms with Crippen LogP contribution in [0, 0.1) is 5.92 Å². The van der Waals surface area contributed by atoms with Gasteiger partial charge in [-0.1, -0.05) is 6.07 Å². The molecule has 1 unspecified atom stereocenters. The summed E-state index contributed by atoms with van der Waals surface area (Å²) in [6.45, 7) is 2.90. The minimum absolute atomic E-state index is 0. The first-order valence-corrected chi connectivity index (χ1v) is 8.72. The number of carbonyl (C=O) groups is 1. The molecule has 2 rings (SSSR count). The highest BCUT2D eigenvalue weighted by atomic mass is 35.5. The van der Waals surface area contributed by atoms with Gasteiger partial charge in [-0.15, -0.1) is 36.2 Å². The van der Waals surface area contributed by atoms with Crippen molar-refractivity contribution in [3.8, 4) is 0 Å². The lowest BCUT2D eigenvalue weighted by Gasteiger charge is -2.24. The zero-order chi connectivity index (χ0) is 15.1. The Morgan fingerprint density at radius 1 is 1.39 bits per heavy atom. The van der Waals surface area contributed by atoms with Gasteiger partial charge in [-0.25, -0.2) is 0 Å². The van der Waals surface area contributed by atoms with E-state index in [1.54, 1.807) is 11.3 Å². The van der Waals surface area contributed by atoms with Gasteiger partial charge in [0.15, 0.2) is 0 Å². The summed E-state index contributed by atoms with van der Waals surface area (Å²) in [4.78, 5) is 15.5. The highest BCUT2D eigenvalue weighted by molar-refractivity contribution is 7.10. The number of hydrogen-bond donors (Lipinski definition) is 2. The molecule has 134 valence electrons. The third-order valence-corrected chi connectivity index (χ3v) is 5.20. The van der Waals surface area contributed by atoms with E-state index in [9.17, 15) is 4.79 Å². The largest absolute Gasteiger partial charge is 0.354 e. The second kappa shape index (κ2) is 12.1. The van der Waals surface area contributed by atoms with Crippen LogP contribution < -0.4 is 10.6 Å². The van der Waals surface area contributed by atoms with E-state index in [2.05, 4.69) is 47.1 Å². The maximum atomic E-state index is 12.0. The molecule has 1 aromatic rings. The minimum atomic E-state index is 0. The summed E-state index contributed by atoms with van der Waals surface area (Å²) in [5.74, 6) is 0.913. The zero-order valence-electron chi connectivity index (χ0n) is 13.9. The fourth-order valence-electron chi connectivity index (χ4n) is 2.82. The lowest BCUT2D eigenvalue weighted by molar-refractivity contribution is -0.121. The Balaban J connectivity index is 0.00000242. The number of hydrogen-bond acceptors (Lipinski definition) is 4. The molecule has 0 spiro atoms. The molecule has 1 fully saturated rings. The van der Waals surface area contributed by atoms with Gasteiger partial charge < -0.3 is 15.5 Å². The van der Waals surface area contributed by atoms with Crippen LogP contribution in [0.1, 0.15) is 36.6 Å². The average Bonchev–Trinajstić information content (AvgIpc) is 3.00. The molecule has 4 nitrogen and oxygen atoms in total. The molecule has 2 N–H and O–H groups in total. The van der Waals surface area contributed by atoms with Crippen LogP contribution in [0.3, 0.4) is 0 Å². The number of nitrogens with zero attached hydrogens (tertiary/aromatic N) is 1. The molecule has 1 amide bonds. The number of nitrogens with one attached hydrogen (secondary N) is 2. The van der Waals surface area contributed by atoms with Crippen molar-refractivity contribution in [3.63, 3.8) is 0 Å². The second-order valence-corrected chi connectivity index (χ2v) is 7.01. The summed E-state index contributed by atoms with van der Waals surface area (Å²) < 4.78 is 0. The Bertz CT molecular complexity index is 423. The Morgan fingerprint density at radius 3 is 2.65 bits per heavy atom. The molecule has 0 aliphatic carbocycles. The molecule has 0 radical (unpaired) electrons. The van der Waals surface area contributed by atoms with Crippen molar-refractivity contribution in [1.82, 2.24) is 15.5 Å². The topological polar surface area (TPSA) is 44.4 Å². The van der Waals surface area contributed by atoms with Crippen LogP contribution in [0.5, 0.6) is 0 Å². The molecule has 0 aromatic carbocycles. The van der Waals surface area contributed by atoms with E-state index in [4.69, 9.17) is 0 Å². The molecule has 7 heteroatoms. The van der Waals surface area contributed by atoms with Crippen LogP contribution in [0.2, 0.25) is 0 Å². The van der Waals surface area contributed by atoms with Crippen LogP contribution in [-0.2, 0) is 4.79 Å². The predicted octanol–water partition coefficient (Wildman–Crippen LogP) is 3.09. The fraction of sp³-hybridized carbons (Fsp3) is 0.688. The second-order valence-electron chi connectivity index (χ2n) is 6.03. The Morgan fingerprint density at radius 2 is 2.09 bits per heavy atom. The van der Waals surface area contributed by atoms with Gasteiger partial charge >= 0.3 is 0 Å². The number of rotatable bonds is 7. The highest BCUT2D eigenvalue weighted by Gasteiger charge is 2.17. The molecule has 1 aliphatic rings. The number of halogens is 2. The first-order chi connectivity index (χ1) is 10.2. The zero-order valence-corrected chi connectivity index (χ0v) is 16.4. The molecule has 1 atom stereocenters. The van der Waals surface area contributed by atoms with E-state index in [1.807, 2.05) is 0 Å². The lowest BCUT2D eigenvalue weighted by atomic mass is 9.93. The SMILES string of the molecule is CN(C)C(CNC(=O)CCC1CCNCC1)c1cccs1.Cl.Cl. The Labute approximate surface area is 156 Å². The van der Waals surface area contributed by atoms with Gasteiger partial charge in [-0.3, -0.25) is 4.79 Å². The number of amides is 1. The first-order valence-electron chi connectivity index (χ1n) is 7.84. The summed E-state index contributed by atoms with van der Waals surface area (Å²) >= 11 is 1.75. The van der Waals surface area contributed by atoms with Crippen LogP contribution in [0.15, 0.2) is 17.5 Å². The van der Waals surface area contributed by atoms with Crippen molar-refractivity contribution in [2.45, 2.75) is 31.7 Å². The van der Waals surface area contributed by atoms with Crippen molar-refractivity contribution in [3.05, 3.63) is 22.4 Å². The summed E-state index contributed by atoms with van der Waals surface area (Å²) in [7, 11) is 4.12. The number of carbonyl (C=O) groups excluding carboxylic acids is 1. The Hall–Kier alpha value is -0.330. The van der Waals surface area contributed by atoms with Gasteiger partial charge in [0.25, 0.3) is 0 Å². The molecular weight excluding hydrogens is 353 g/mol. The number of piperidine rings is 1. The molecular formula is C16H29Cl2N3OS. The van der Waals surface area contributed by atoms with Gasteiger partial charge in [0.2, 0.25) is 5.91 Å². The van der Waals surface area contributed by atoms with E-state index in [0.717, 1.165) is 25.4 Å². The standard InChI is InChI=1S/C16H27N3OS.2ClH/c1-19(2)14(15-4-3-11-21-15)12-18-16(20)6-5-13-7-9-17-10-8-13;;/h3-4,11,13-14,17H,5-10,12H2,1-2H3,(H,18,20);2*1H. The third-order valence-electron chi connectivity index (χ3n) is 4.23. The first kappa shape index (κ1) is 22.7. The Kier molecular flexibility index (Phi) is 11.9. The molecule has 0 bridgehead atoms. The van der Waals surface area contributed by atoms with Crippen LogP contribution >= 0.6 is 36.2 Å². The number of likely N-dealkylation sites (N-methyl/N-ethyl adjacent to an activating group) is 1. The molecule has 1 aromatic heterocycles. The van der Waals surface area contributed by atoms with Crippen molar-refractivity contribution in [2.24, 2.45) is 5.92 Å². The smallest absolute Gasteiger partial charge is 0.220 e. The number of thiophene rings is 1. The summed E-state index contributed by atoms with van der Waals surface area (Å²) in [6, 6.07) is 4.47. The van der Waals surface area contributed by atoms with Gasteiger partial charge in [0.1, 0.15) is 0 Å². The molecule has 0 saturated carbocycles. The lowest BCUT2D eigenvalue weighted by Crippen LogP contribution is -2.34. The molecule has 1 aliphatic heterocycles. The molecule has 1 saturated heterocycles. The maximum Gasteiger partial charge on any atom is 0.220 e. The predicted molar refractivity (Wildman–Crippen MR) is 103 cm³/mol. The molecule has 2 heterocycles. The van der Waals surface area contributed by atoms with Gasteiger partial charge in [0.05, 0.1) is 6.04 Å². The van der Waals surface area contributed by atoms with Crippen LogP contribution in [0.25, 0.3) is 0 Å². The minimum Gasteiger partial charge on any atom is -0.354 e. The van der Waals surface area contributed by atoms with Crippen LogP contribution in [-0.4, -0.2) is 44.5 Å². The van der Waals surface area contributed by atoms with E-state index in [-0.39, 0.29) is 36.8 Å². The third kappa shape index (κ3) is 7.86. The van der Waals surface area contributed by atoms with Gasteiger partial charge in [-0.2, -0.15) is 0 Å². The van der Waals surface area contributed by atoms with Crippen molar-refractivity contribution >= 4 is 42.1 Å². The summed E-state index contributed by atoms with van der Waals surface area (Å²) in [5.41, 5.74) is 0. The van der Waals surface area contributed by atoms with Crippen molar-refractivity contribution in [1.29, 1.82) is 0 Å². The monoisotopic (exact) mass is 381 g/mol.